The number of pyridine rings is 2. The Kier molecular flexibility index (Phi) is 9.50. The third-order valence-electron chi connectivity index (χ3n) is 13.6. The first kappa shape index (κ1) is 38.6. The number of benzene rings is 6. The van der Waals surface area contributed by atoms with Crippen LogP contribution in [0.3, 0.4) is 0 Å². The van der Waals surface area contributed by atoms with Crippen molar-refractivity contribution in [1.29, 1.82) is 0 Å². The van der Waals surface area contributed by atoms with E-state index in [1.807, 2.05) is 97.1 Å². The van der Waals surface area contributed by atoms with Gasteiger partial charge in [0.2, 0.25) is 0 Å². The van der Waals surface area contributed by atoms with Crippen molar-refractivity contribution < 1.29 is 40.7 Å². The van der Waals surface area contributed by atoms with Crippen LogP contribution < -0.4 is 5.46 Å². The second-order valence-corrected chi connectivity index (χ2v) is 22.3. The summed E-state index contributed by atoms with van der Waals surface area (Å²) in [6, 6.07) is 38.5. The molecule has 0 saturated carbocycles. The second kappa shape index (κ2) is 18.2. The highest BCUT2D eigenvalue weighted by molar-refractivity contribution is 6.65. The second-order valence-electron chi connectivity index (χ2n) is 21.9. The maximum Gasteiger partial charge on any atom is 0.498 e. The monoisotopic (exact) mass is 1010 g/mol. The number of hydrogen-bond donors (Lipinski definition) is 0. The number of halogens is 1. The van der Waals surface area contributed by atoms with E-state index < -0.39 is 55.6 Å². The van der Waals surface area contributed by atoms with E-state index in [0.717, 1.165) is 88.2 Å². The van der Waals surface area contributed by atoms with Gasteiger partial charge in [-0.2, -0.15) is 0 Å². The summed E-state index contributed by atoms with van der Waals surface area (Å²) in [6.07, 6.45) is -1.32. The molecule has 0 spiro atoms. The van der Waals surface area contributed by atoms with E-state index in [9.17, 15) is 0 Å². The molecule has 10 heteroatoms. The van der Waals surface area contributed by atoms with Crippen LogP contribution in [0.5, 0.6) is 0 Å². The smallest absolute Gasteiger partial charge is 0.456 e. The molecule has 1 aliphatic heterocycles. The van der Waals surface area contributed by atoms with Gasteiger partial charge in [0, 0.05) is 80.2 Å². The summed E-state index contributed by atoms with van der Waals surface area (Å²) in [5.74, 6) is 0. The van der Waals surface area contributed by atoms with Crippen LogP contribution in [0.1, 0.15) is 105 Å². The third-order valence-corrected chi connectivity index (χ3v) is 13.8. The minimum Gasteiger partial charge on any atom is -0.456 e. The van der Waals surface area contributed by atoms with Gasteiger partial charge in [0.15, 0.2) is 0 Å². The summed E-state index contributed by atoms with van der Waals surface area (Å²) in [5.41, 5.74) is 5.90. The number of rotatable bonds is 4. The van der Waals surface area contributed by atoms with E-state index in [1.54, 1.807) is 47.6 Å². The summed E-state index contributed by atoms with van der Waals surface area (Å²) in [4.78, 5) is 8.23. The number of furan rings is 4. The van der Waals surface area contributed by atoms with Gasteiger partial charge in [0.1, 0.15) is 49.8 Å². The zero-order chi connectivity index (χ0) is 60.6. The van der Waals surface area contributed by atoms with Crippen molar-refractivity contribution in [2.45, 2.75) is 107 Å². The minimum atomic E-state index is -2.50. The number of aryl methyl sites for hydroxylation is 2. The Morgan fingerprint density at radius 1 is 0.514 bits per heavy atom. The number of fused-ring (bicyclic) bond motifs is 14. The maximum atomic E-state index is 8.85. The Hall–Kier alpha value is -6.91. The van der Waals surface area contributed by atoms with Gasteiger partial charge in [-0.25, -0.2) is 4.98 Å². The Bertz CT molecular complexity index is 4540. The number of hydrogen-bond acceptors (Lipinski definition) is 8. The van der Waals surface area contributed by atoms with Crippen LogP contribution in [-0.4, -0.2) is 28.3 Å². The molecular weight excluding hydrogens is 939 g/mol. The molecule has 6 aromatic heterocycles. The summed E-state index contributed by atoms with van der Waals surface area (Å²) in [5, 5.41) is 8.17. The highest BCUT2D eigenvalue weighted by atomic mass is 35.5. The van der Waals surface area contributed by atoms with Gasteiger partial charge in [0.05, 0.1) is 16.9 Å². The largest absolute Gasteiger partial charge is 0.498 e. The Balaban J connectivity index is 0.000000140. The van der Waals surface area contributed by atoms with Crippen LogP contribution in [0.4, 0.5) is 0 Å². The van der Waals surface area contributed by atoms with Gasteiger partial charge in [-0.1, -0.05) is 120 Å². The molecule has 0 amide bonds. The quantitative estimate of drug-likeness (QED) is 0.127. The molecule has 1 fully saturated rings. The summed E-state index contributed by atoms with van der Waals surface area (Å²) in [7, 11) is -0.471. The van der Waals surface area contributed by atoms with Crippen molar-refractivity contribution in [2.75, 3.05) is 0 Å². The fourth-order valence-corrected chi connectivity index (χ4v) is 9.79. The molecule has 0 aliphatic carbocycles. The lowest BCUT2D eigenvalue weighted by molar-refractivity contribution is 0.00578. The normalized spacial score (nSPS) is 17.5. The van der Waals surface area contributed by atoms with Gasteiger partial charge in [-0.3, -0.25) is 4.98 Å². The number of nitrogens with zero attached hydrogens (tertiary/aromatic N) is 2. The molecule has 6 aromatic carbocycles. The predicted molar refractivity (Wildman–Crippen MR) is 306 cm³/mol. The van der Waals surface area contributed by atoms with E-state index in [2.05, 4.69) is 49.8 Å². The maximum absolute atomic E-state index is 8.85. The average Bonchev–Trinajstić information content (AvgIpc) is 1.57. The standard InChI is InChI=1S/C29H25NO2.C24H21BO4.C11H16ClN/c1-17-16-30-22(14-18(17)15-29(2,3)4)19-9-7-10-21-27-25(32-28(19)21)13-12-24-26(27)20-8-5-6-11-23(20)31-24;1-23(2)24(3,4)29-25(28-23)16-10-7-9-15-21-19(27-22(15)16)13-12-18-20(21)14-8-5-6-11-17(14)26-18;1-8-7-13-10(12)5-9(8)6-11(2,3)4/h5-14,16H,15H2,1-4H3;5-13H,1-4H3;5,7H,6H2,1-4H3/i1D3,15D2;;1D3,6D2. The molecule has 1 aliphatic rings. The summed E-state index contributed by atoms with van der Waals surface area (Å²) in [6.45, 7) is 13.8. The van der Waals surface area contributed by atoms with Crippen molar-refractivity contribution in [3.63, 3.8) is 0 Å². The molecular formula is C64H62BClN2O6. The SMILES string of the molecule is CC1(C)OB(c2cccc3c2oc2ccc4oc5ccccc5c4c23)OC1(C)C.[2H]C([2H])([2H])c1cnc(-c2cccc3c2oc2ccc4oc5ccccc5c4c23)cc1C([2H])([2H])C(C)(C)C.[2H]C([2H])([2H])c1cnc(Cl)cc1C([2H])([2H])C(C)(C)C. The zero-order valence-corrected chi connectivity index (χ0v) is 43.8. The first-order chi connectivity index (χ1) is 39.1. The zero-order valence-electron chi connectivity index (χ0n) is 53.0. The van der Waals surface area contributed by atoms with Crippen LogP contribution in [-0.2, 0) is 22.1 Å². The lowest BCUT2D eigenvalue weighted by Crippen LogP contribution is -2.41. The van der Waals surface area contributed by atoms with Crippen LogP contribution in [0.25, 0.3) is 99.0 Å². The molecule has 0 bridgehead atoms. The average molecular weight is 1010 g/mol. The minimum absolute atomic E-state index is 0.0787. The molecule has 0 atom stereocenters. The molecule has 1 saturated heterocycles. The molecule has 7 heterocycles. The Morgan fingerprint density at radius 2 is 0.959 bits per heavy atom. The lowest BCUT2D eigenvalue weighted by Gasteiger charge is -2.32. The molecule has 0 N–H and O–H groups in total. The van der Waals surface area contributed by atoms with Crippen LogP contribution in [0.2, 0.25) is 5.15 Å². The van der Waals surface area contributed by atoms with Gasteiger partial charge in [-0.15, -0.1) is 0 Å². The van der Waals surface area contributed by atoms with Crippen molar-refractivity contribution in [1.82, 2.24) is 9.97 Å². The first-order valence-corrected chi connectivity index (χ1v) is 25.0. The third kappa shape index (κ3) is 9.03. The van der Waals surface area contributed by atoms with Crippen molar-refractivity contribution in [3.05, 3.63) is 161 Å². The first-order valence-electron chi connectivity index (χ1n) is 29.7. The van der Waals surface area contributed by atoms with Crippen molar-refractivity contribution in [2.24, 2.45) is 10.8 Å². The predicted octanol–water partition coefficient (Wildman–Crippen LogP) is 17.9. The molecule has 13 rings (SSSR count). The highest BCUT2D eigenvalue weighted by Gasteiger charge is 2.52. The Morgan fingerprint density at radius 3 is 1.50 bits per heavy atom. The van der Waals surface area contributed by atoms with E-state index in [-0.39, 0.29) is 27.4 Å². The molecule has 0 radical (unpaired) electrons. The number of aromatic nitrogens is 2. The van der Waals surface area contributed by atoms with Crippen LogP contribution in [0.15, 0.2) is 151 Å². The summed E-state index contributed by atoms with van der Waals surface area (Å²) < 4.78 is 118. The van der Waals surface area contributed by atoms with Crippen molar-refractivity contribution in [3.8, 4) is 11.3 Å². The molecule has 0 unspecified atom stereocenters. The Labute approximate surface area is 451 Å². The lowest BCUT2D eigenvalue weighted by atomic mass is 9.78. The summed E-state index contributed by atoms with van der Waals surface area (Å²) >= 11 is 5.76. The topological polar surface area (TPSA) is 96.8 Å². The van der Waals surface area contributed by atoms with Gasteiger partial charge in [0.25, 0.3) is 0 Å². The van der Waals surface area contributed by atoms with Gasteiger partial charge in [-0.05, 0) is 142 Å². The van der Waals surface area contributed by atoms with Crippen LogP contribution >= 0.6 is 11.6 Å². The van der Waals surface area contributed by atoms with E-state index in [4.69, 9.17) is 52.3 Å². The molecule has 74 heavy (non-hydrogen) atoms. The molecule has 374 valence electrons. The van der Waals surface area contributed by atoms with Crippen molar-refractivity contribution >= 4 is 112 Å². The van der Waals surface area contributed by atoms with Gasteiger partial charge >= 0.3 is 7.12 Å². The van der Waals surface area contributed by atoms with E-state index >= 15 is 0 Å². The molecule has 12 aromatic rings. The molecule has 8 nitrogen and oxygen atoms in total. The number of para-hydroxylation sites is 4. The van der Waals surface area contributed by atoms with Crippen LogP contribution in [0, 0.1) is 24.5 Å². The van der Waals surface area contributed by atoms with Gasteiger partial charge < -0.3 is 27.0 Å². The fraction of sp³-hybridized carbons (Fsp3) is 0.281. The van der Waals surface area contributed by atoms with E-state index in [0.29, 0.717) is 22.4 Å². The van der Waals surface area contributed by atoms with E-state index in [1.165, 1.54) is 12.3 Å². The highest BCUT2D eigenvalue weighted by Crippen LogP contribution is 2.44. The fourth-order valence-electron chi connectivity index (χ4n) is 9.63.